The van der Waals surface area contributed by atoms with Crippen molar-refractivity contribution < 1.29 is 9.84 Å². The predicted molar refractivity (Wildman–Crippen MR) is 54.3 cm³/mol. The summed E-state index contributed by atoms with van der Waals surface area (Å²) in [5.41, 5.74) is 4.51. The maximum Gasteiger partial charge on any atom is 0.243 e. The van der Waals surface area contributed by atoms with Crippen LogP contribution in [0.5, 0.6) is 0 Å². The first-order valence-electron chi connectivity index (χ1n) is 4.86. The van der Waals surface area contributed by atoms with Gasteiger partial charge in [-0.3, -0.25) is 0 Å². The van der Waals surface area contributed by atoms with Crippen LogP contribution in [0.15, 0.2) is 0 Å². The van der Waals surface area contributed by atoms with Gasteiger partial charge >= 0.3 is 0 Å². The highest BCUT2D eigenvalue weighted by Gasteiger charge is 2.39. The smallest absolute Gasteiger partial charge is 0.243 e. The highest BCUT2D eigenvalue weighted by molar-refractivity contribution is 5.30. The predicted octanol–water partition coefficient (Wildman–Crippen LogP) is -0.661. The first-order chi connectivity index (χ1) is 7.10. The number of nitrogens with two attached hydrogens (primary N) is 1. The molecule has 0 amide bonds. The Morgan fingerprint density at radius 2 is 2.60 bits per heavy atom. The molecule has 1 fully saturated rings. The fraction of sp³-hybridized carbons (Fsp3) is 0.750. The van der Waals surface area contributed by atoms with Crippen molar-refractivity contribution in [3.63, 3.8) is 0 Å². The molecular formula is C8H15N5O2. The highest BCUT2D eigenvalue weighted by Crippen LogP contribution is 2.25. The molecule has 5 N–H and O–H groups in total. The molecule has 1 aromatic heterocycles. The minimum Gasteiger partial charge on any atom is -0.385 e. The van der Waals surface area contributed by atoms with E-state index in [1.165, 1.54) is 0 Å². The maximum atomic E-state index is 10.1. The number of hydrogen-bond acceptors (Lipinski definition) is 6. The number of aliphatic hydroxyl groups is 1. The third kappa shape index (κ3) is 2.02. The molecule has 0 aliphatic carbocycles. The molecule has 2 unspecified atom stereocenters. The van der Waals surface area contributed by atoms with Gasteiger partial charge in [-0.05, 0) is 6.92 Å². The summed E-state index contributed by atoms with van der Waals surface area (Å²) in [5, 5.41) is 19.4. The molecule has 1 aliphatic heterocycles. The van der Waals surface area contributed by atoms with Gasteiger partial charge in [0.25, 0.3) is 0 Å². The Morgan fingerprint density at radius 3 is 3.13 bits per heavy atom. The van der Waals surface area contributed by atoms with Crippen molar-refractivity contribution >= 4 is 11.9 Å². The molecule has 1 aromatic rings. The van der Waals surface area contributed by atoms with Gasteiger partial charge in [-0.25, -0.2) is 5.10 Å². The van der Waals surface area contributed by atoms with Crippen LogP contribution in [0, 0.1) is 0 Å². The number of aromatic amines is 1. The van der Waals surface area contributed by atoms with Crippen molar-refractivity contribution in [2.75, 3.05) is 24.2 Å². The molecule has 0 radical (unpaired) electrons. The Balaban J connectivity index is 1.92. The normalized spacial score (nSPS) is 30.7. The molecule has 0 saturated carbocycles. The van der Waals surface area contributed by atoms with Gasteiger partial charge in [-0.2, -0.15) is 4.98 Å². The van der Waals surface area contributed by atoms with E-state index >= 15 is 0 Å². The maximum absolute atomic E-state index is 10.1. The van der Waals surface area contributed by atoms with Crippen molar-refractivity contribution in [3.05, 3.63) is 0 Å². The summed E-state index contributed by atoms with van der Waals surface area (Å²) in [4.78, 5) is 3.88. The topological polar surface area (TPSA) is 109 Å². The molecule has 0 aromatic carbocycles. The summed E-state index contributed by atoms with van der Waals surface area (Å²) < 4.78 is 5.30. The summed E-state index contributed by atoms with van der Waals surface area (Å²) in [7, 11) is 0. The van der Waals surface area contributed by atoms with Crippen LogP contribution in [0.25, 0.3) is 0 Å². The van der Waals surface area contributed by atoms with Crippen LogP contribution in [0.1, 0.15) is 13.3 Å². The summed E-state index contributed by atoms with van der Waals surface area (Å²) in [6.45, 7) is 2.78. The number of nitrogens with one attached hydrogen (secondary N) is 2. The van der Waals surface area contributed by atoms with Crippen LogP contribution >= 0.6 is 0 Å². The molecule has 2 atom stereocenters. The second kappa shape index (κ2) is 3.67. The first-order valence-corrected chi connectivity index (χ1v) is 4.86. The van der Waals surface area contributed by atoms with Crippen molar-refractivity contribution in [2.45, 2.75) is 25.0 Å². The largest absolute Gasteiger partial charge is 0.385 e. The van der Waals surface area contributed by atoms with E-state index in [1.54, 1.807) is 0 Å². The zero-order valence-electron chi connectivity index (χ0n) is 8.53. The number of rotatable bonds is 3. The van der Waals surface area contributed by atoms with E-state index in [1.807, 2.05) is 6.92 Å². The summed E-state index contributed by atoms with van der Waals surface area (Å²) in [6.07, 6.45) is 0.433. The lowest BCUT2D eigenvalue weighted by atomic mass is 9.97. The molecule has 2 heterocycles. The number of hydrogen-bond donors (Lipinski definition) is 4. The molecule has 15 heavy (non-hydrogen) atoms. The van der Waals surface area contributed by atoms with Gasteiger partial charge in [0.05, 0.1) is 6.10 Å². The molecule has 0 bridgehead atoms. The minimum absolute atomic E-state index is 0.179. The van der Waals surface area contributed by atoms with Crippen LogP contribution in [-0.4, -0.2) is 45.1 Å². The lowest BCUT2D eigenvalue weighted by molar-refractivity contribution is -0.0176. The third-order valence-corrected chi connectivity index (χ3v) is 2.71. The Kier molecular flexibility index (Phi) is 2.49. The monoisotopic (exact) mass is 213 g/mol. The van der Waals surface area contributed by atoms with Crippen LogP contribution in [0.4, 0.5) is 11.9 Å². The standard InChI is InChI=1S/C8H15N5O2/c1-5-8(14,2-3-15-5)4-10-7-11-6(9)12-13-7/h5,14H,2-4H2,1H3,(H4,9,10,11,12,13). The Labute approximate surface area is 87.0 Å². The molecule has 7 heteroatoms. The van der Waals surface area contributed by atoms with Crippen molar-refractivity contribution in [2.24, 2.45) is 0 Å². The quantitative estimate of drug-likeness (QED) is 0.530. The summed E-state index contributed by atoms with van der Waals surface area (Å²) in [6, 6.07) is 0. The number of aromatic nitrogens is 3. The van der Waals surface area contributed by atoms with Crippen LogP contribution in [0.2, 0.25) is 0 Å². The Bertz CT molecular complexity index is 342. The van der Waals surface area contributed by atoms with Crippen molar-refractivity contribution in [1.82, 2.24) is 15.2 Å². The zero-order chi connectivity index (χ0) is 10.9. The van der Waals surface area contributed by atoms with Crippen molar-refractivity contribution in [3.8, 4) is 0 Å². The van der Waals surface area contributed by atoms with E-state index in [0.29, 0.717) is 25.5 Å². The lowest BCUT2D eigenvalue weighted by Crippen LogP contribution is -2.43. The van der Waals surface area contributed by atoms with Gasteiger partial charge in [-0.15, -0.1) is 5.10 Å². The third-order valence-electron chi connectivity index (χ3n) is 2.71. The molecule has 0 spiro atoms. The fourth-order valence-electron chi connectivity index (χ4n) is 1.59. The van der Waals surface area contributed by atoms with Gasteiger partial charge in [0.15, 0.2) is 0 Å². The van der Waals surface area contributed by atoms with Gasteiger partial charge < -0.3 is 20.9 Å². The number of H-pyrrole nitrogens is 1. The van der Waals surface area contributed by atoms with E-state index in [9.17, 15) is 5.11 Å². The first kappa shape index (κ1) is 10.2. The van der Waals surface area contributed by atoms with E-state index in [0.717, 1.165) is 0 Å². The molecule has 7 nitrogen and oxygen atoms in total. The van der Waals surface area contributed by atoms with Gasteiger partial charge in [-0.1, -0.05) is 0 Å². The van der Waals surface area contributed by atoms with Gasteiger partial charge in [0, 0.05) is 19.6 Å². The minimum atomic E-state index is -0.852. The van der Waals surface area contributed by atoms with Crippen LogP contribution in [-0.2, 0) is 4.74 Å². The Morgan fingerprint density at radius 1 is 1.80 bits per heavy atom. The second-order valence-electron chi connectivity index (χ2n) is 3.76. The zero-order valence-corrected chi connectivity index (χ0v) is 8.53. The van der Waals surface area contributed by atoms with Gasteiger partial charge in [0.1, 0.15) is 5.60 Å². The van der Waals surface area contributed by atoms with Crippen LogP contribution in [0.3, 0.4) is 0 Å². The molecule has 2 rings (SSSR count). The van der Waals surface area contributed by atoms with E-state index in [2.05, 4.69) is 20.5 Å². The fourth-order valence-corrected chi connectivity index (χ4v) is 1.59. The lowest BCUT2D eigenvalue weighted by Gasteiger charge is -2.25. The average molecular weight is 213 g/mol. The number of nitrogen functional groups attached to an aromatic ring is 1. The van der Waals surface area contributed by atoms with E-state index in [4.69, 9.17) is 10.5 Å². The average Bonchev–Trinajstić information content (AvgIpc) is 2.73. The van der Waals surface area contributed by atoms with Crippen LogP contribution < -0.4 is 11.1 Å². The summed E-state index contributed by atoms with van der Waals surface area (Å²) >= 11 is 0. The van der Waals surface area contributed by atoms with Crippen molar-refractivity contribution in [1.29, 1.82) is 0 Å². The SMILES string of the molecule is CC1OCCC1(O)CNc1n[nH]c(N)n1. The Hall–Kier alpha value is -1.34. The second-order valence-corrected chi connectivity index (χ2v) is 3.76. The highest BCUT2D eigenvalue weighted by atomic mass is 16.5. The molecular weight excluding hydrogens is 198 g/mol. The van der Waals surface area contributed by atoms with E-state index in [-0.39, 0.29) is 12.1 Å². The van der Waals surface area contributed by atoms with Gasteiger partial charge in [0.2, 0.25) is 11.9 Å². The number of ether oxygens (including phenoxy) is 1. The molecule has 1 aliphatic rings. The molecule has 1 saturated heterocycles. The number of anilines is 2. The molecule has 84 valence electrons. The summed E-state index contributed by atoms with van der Waals surface area (Å²) in [5.74, 6) is 0.639. The van der Waals surface area contributed by atoms with E-state index < -0.39 is 5.60 Å². The number of nitrogens with zero attached hydrogens (tertiary/aromatic N) is 2.